The summed E-state index contributed by atoms with van der Waals surface area (Å²) in [6.45, 7) is 8.83. The van der Waals surface area contributed by atoms with Crippen molar-refractivity contribution >= 4 is 0 Å². The van der Waals surface area contributed by atoms with Crippen molar-refractivity contribution in [3.05, 3.63) is 25.3 Å². The van der Waals surface area contributed by atoms with Crippen LogP contribution in [0.2, 0.25) is 0 Å². The highest BCUT2D eigenvalue weighted by Gasteiger charge is 2.61. The first-order chi connectivity index (χ1) is 8.71. The lowest BCUT2D eigenvalue weighted by Crippen LogP contribution is -2.52. The standard InChI is InChI=1S/C15H24O3/c1-3-5-7-13(16)14(8-4-2)9-6-10-15(14)17-11-12-18-15/h3-4,13,16H,1-2,5-12H2/t13-,14-/m1/s1. The van der Waals surface area contributed by atoms with Crippen LogP contribution in [0.5, 0.6) is 0 Å². The fourth-order valence-corrected chi connectivity index (χ4v) is 3.59. The van der Waals surface area contributed by atoms with Crippen LogP contribution in [0.25, 0.3) is 0 Å². The van der Waals surface area contributed by atoms with Crippen molar-refractivity contribution in [3.63, 3.8) is 0 Å². The third-order valence-corrected chi connectivity index (χ3v) is 4.43. The predicted molar refractivity (Wildman–Crippen MR) is 71.2 cm³/mol. The van der Waals surface area contributed by atoms with E-state index in [0.29, 0.717) is 19.6 Å². The third kappa shape index (κ3) is 2.04. The summed E-state index contributed by atoms with van der Waals surface area (Å²) >= 11 is 0. The van der Waals surface area contributed by atoms with Gasteiger partial charge in [0.1, 0.15) is 0 Å². The van der Waals surface area contributed by atoms with Crippen LogP contribution in [0.4, 0.5) is 0 Å². The van der Waals surface area contributed by atoms with Crippen LogP contribution >= 0.6 is 0 Å². The molecule has 0 amide bonds. The van der Waals surface area contributed by atoms with E-state index in [1.807, 2.05) is 12.2 Å². The van der Waals surface area contributed by atoms with Crippen molar-refractivity contribution in [3.8, 4) is 0 Å². The number of aliphatic hydroxyl groups excluding tert-OH is 1. The quantitative estimate of drug-likeness (QED) is 0.739. The number of rotatable bonds is 6. The molecule has 0 aromatic carbocycles. The first-order valence-electron chi connectivity index (χ1n) is 6.88. The average Bonchev–Trinajstić information content (AvgIpc) is 2.97. The molecule has 1 aliphatic carbocycles. The zero-order valence-electron chi connectivity index (χ0n) is 11.1. The molecule has 1 aliphatic heterocycles. The summed E-state index contributed by atoms with van der Waals surface area (Å²) in [4.78, 5) is 0. The highest BCUT2D eigenvalue weighted by molar-refractivity contribution is 5.07. The van der Waals surface area contributed by atoms with Gasteiger partial charge in [-0.25, -0.2) is 0 Å². The predicted octanol–water partition coefficient (Wildman–Crippen LogP) is 2.80. The minimum absolute atomic E-state index is 0.325. The Morgan fingerprint density at radius 3 is 2.50 bits per heavy atom. The van der Waals surface area contributed by atoms with Crippen molar-refractivity contribution in [2.24, 2.45) is 5.41 Å². The number of hydrogen-bond acceptors (Lipinski definition) is 3. The Balaban J connectivity index is 2.23. The van der Waals surface area contributed by atoms with Gasteiger partial charge in [0.2, 0.25) is 0 Å². The van der Waals surface area contributed by atoms with Gasteiger partial charge in [0.15, 0.2) is 5.79 Å². The molecule has 3 nitrogen and oxygen atoms in total. The summed E-state index contributed by atoms with van der Waals surface area (Å²) in [5, 5.41) is 10.6. The van der Waals surface area contributed by atoms with Crippen LogP contribution < -0.4 is 0 Å². The van der Waals surface area contributed by atoms with E-state index in [9.17, 15) is 5.11 Å². The van der Waals surface area contributed by atoms with Crippen LogP contribution in [0, 0.1) is 5.41 Å². The molecule has 2 rings (SSSR count). The molecule has 102 valence electrons. The van der Waals surface area contributed by atoms with E-state index < -0.39 is 11.9 Å². The van der Waals surface area contributed by atoms with Gasteiger partial charge in [-0.3, -0.25) is 0 Å². The molecule has 0 radical (unpaired) electrons. The molecule has 0 aromatic rings. The van der Waals surface area contributed by atoms with Gasteiger partial charge in [-0.2, -0.15) is 0 Å². The Labute approximate surface area is 109 Å². The molecule has 0 bridgehead atoms. The van der Waals surface area contributed by atoms with Crippen LogP contribution in [0.1, 0.15) is 38.5 Å². The lowest BCUT2D eigenvalue weighted by atomic mass is 9.72. The Morgan fingerprint density at radius 2 is 1.89 bits per heavy atom. The average molecular weight is 252 g/mol. The lowest BCUT2D eigenvalue weighted by molar-refractivity contribution is -0.248. The maximum absolute atomic E-state index is 10.6. The second-order valence-corrected chi connectivity index (χ2v) is 5.33. The summed E-state index contributed by atoms with van der Waals surface area (Å²) in [5.41, 5.74) is -0.325. The van der Waals surface area contributed by atoms with Gasteiger partial charge in [0.25, 0.3) is 0 Å². The van der Waals surface area contributed by atoms with Crippen molar-refractivity contribution in [1.29, 1.82) is 0 Å². The SMILES string of the molecule is C=CCC[C@@H](O)[C@@]1(CC=C)CCCC12OCCO2. The van der Waals surface area contributed by atoms with E-state index >= 15 is 0 Å². The molecule has 1 N–H and O–H groups in total. The summed E-state index contributed by atoms with van der Waals surface area (Å²) in [6, 6.07) is 0. The molecule has 1 heterocycles. The molecule has 3 heteroatoms. The molecule has 2 fully saturated rings. The van der Waals surface area contributed by atoms with Gasteiger partial charge < -0.3 is 14.6 Å². The number of aliphatic hydroxyl groups is 1. The normalized spacial score (nSPS) is 31.6. The maximum atomic E-state index is 10.6. The van der Waals surface area contributed by atoms with E-state index in [0.717, 1.165) is 32.1 Å². The Hall–Kier alpha value is -0.640. The van der Waals surface area contributed by atoms with E-state index in [2.05, 4.69) is 13.2 Å². The van der Waals surface area contributed by atoms with Gasteiger partial charge in [0, 0.05) is 6.42 Å². The Bertz CT molecular complexity index is 301. The topological polar surface area (TPSA) is 38.7 Å². The zero-order chi connectivity index (χ0) is 13.1. The molecule has 2 atom stereocenters. The molecule has 1 saturated carbocycles. The van der Waals surface area contributed by atoms with E-state index in [1.165, 1.54) is 0 Å². The van der Waals surface area contributed by atoms with Crippen molar-refractivity contribution in [1.82, 2.24) is 0 Å². The maximum Gasteiger partial charge on any atom is 0.176 e. The number of hydrogen-bond donors (Lipinski definition) is 1. The summed E-state index contributed by atoms with van der Waals surface area (Å²) in [5.74, 6) is -0.582. The fourth-order valence-electron chi connectivity index (χ4n) is 3.59. The van der Waals surface area contributed by atoms with Crippen molar-refractivity contribution in [2.75, 3.05) is 13.2 Å². The molecule has 0 aromatic heterocycles. The van der Waals surface area contributed by atoms with Crippen LogP contribution in [-0.2, 0) is 9.47 Å². The van der Waals surface area contributed by atoms with E-state index in [-0.39, 0.29) is 5.41 Å². The second kappa shape index (κ2) is 5.55. The van der Waals surface area contributed by atoms with E-state index in [1.54, 1.807) is 0 Å². The van der Waals surface area contributed by atoms with E-state index in [4.69, 9.17) is 9.47 Å². The molecule has 1 spiro atoms. The first kappa shape index (κ1) is 13.8. The van der Waals surface area contributed by atoms with Gasteiger partial charge in [-0.1, -0.05) is 12.2 Å². The monoisotopic (exact) mass is 252 g/mol. The smallest absolute Gasteiger partial charge is 0.176 e. The van der Waals surface area contributed by atoms with Crippen molar-refractivity contribution < 1.29 is 14.6 Å². The first-order valence-corrected chi connectivity index (χ1v) is 6.88. The zero-order valence-corrected chi connectivity index (χ0v) is 11.1. The van der Waals surface area contributed by atoms with Crippen LogP contribution in [-0.4, -0.2) is 30.2 Å². The minimum Gasteiger partial charge on any atom is -0.392 e. The van der Waals surface area contributed by atoms with Crippen LogP contribution in [0.3, 0.4) is 0 Å². The van der Waals surface area contributed by atoms with Gasteiger partial charge in [-0.15, -0.1) is 13.2 Å². The highest BCUT2D eigenvalue weighted by Crippen LogP contribution is 2.56. The molecule has 18 heavy (non-hydrogen) atoms. The summed E-state index contributed by atoms with van der Waals surface area (Å²) in [7, 11) is 0. The Kier molecular flexibility index (Phi) is 4.25. The highest BCUT2D eigenvalue weighted by atomic mass is 16.7. The Morgan fingerprint density at radius 1 is 1.17 bits per heavy atom. The minimum atomic E-state index is -0.582. The van der Waals surface area contributed by atoms with Crippen molar-refractivity contribution in [2.45, 2.75) is 50.4 Å². The largest absolute Gasteiger partial charge is 0.392 e. The molecule has 0 unspecified atom stereocenters. The van der Waals surface area contributed by atoms with Gasteiger partial charge in [-0.05, 0) is 32.1 Å². The van der Waals surface area contributed by atoms with Crippen LogP contribution in [0.15, 0.2) is 25.3 Å². The summed E-state index contributed by atoms with van der Waals surface area (Å²) in [6.07, 6.45) is 8.45. The molecule has 2 aliphatic rings. The fraction of sp³-hybridized carbons (Fsp3) is 0.733. The van der Waals surface area contributed by atoms with Gasteiger partial charge in [0.05, 0.1) is 24.7 Å². The molecular formula is C15H24O3. The third-order valence-electron chi connectivity index (χ3n) is 4.43. The summed E-state index contributed by atoms with van der Waals surface area (Å²) < 4.78 is 11.8. The molecule has 1 saturated heterocycles. The molecular weight excluding hydrogens is 228 g/mol. The number of ether oxygens (including phenoxy) is 2. The van der Waals surface area contributed by atoms with Gasteiger partial charge >= 0.3 is 0 Å². The second-order valence-electron chi connectivity index (χ2n) is 5.33. The number of allylic oxidation sites excluding steroid dienone is 2. The lowest BCUT2D eigenvalue weighted by Gasteiger charge is -2.44.